The molecule has 6 heterocycles. The number of ether oxygens (including phenoxy) is 8. The van der Waals surface area contributed by atoms with Crippen LogP contribution in [0.4, 0.5) is 0 Å². The molecular formula is C51H64O24. The SMILES string of the molecule is C/C=C(/C)C(=O)OC1c2c(ccc3ccc(=O)oc23)OC(C)(C)C1OC1OC(COC2OC(CO)C(O)C(O)C2O)C(O)C(O)C1O.CC(C)=CCc1cc2ccc(=O)oc2cc1OC1OC(CO)C(O)C(O)C1O. The van der Waals surface area contributed by atoms with Crippen molar-refractivity contribution in [3.8, 4) is 11.5 Å². The van der Waals surface area contributed by atoms with Gasteiger partial charge in [0.15, 0.2) is 18.7 Å². The van der Waals surface area contributed by atoms with Gasteiger partial charge in [-0.25, -0.2) is 14.4 Å². The minimum Gasteiger partial charge on any atom is -0.484 e. The molecule has 75 heavy (non-hydrogen) atoms. The monoisotopic (exact) mass is 1060 g/mol. The Kier molecular flexibility index (Phi) is 18.4. The summed E-state index contributed by atoms with van der Waals surface area (Å²) in [6.45, 7) is 8.50. The molecule has 24 heteroatoms. The van der Waals surface area contributed by atoms with Gasteiger partial charge in [0.05, 0.1) is 25.4 Å². The van der Waals surface area contributed by atoms with Crippen molar-refractivity contribution in [1.29, 1.82) is 0 Å². The molecule has 8 rings (SSSR count). The lowest BCUT2D eigenvalue weighted by atomic mass is 9.86. The van der Waals surface area contributed by atoms with E-state index in [-0.39, 0.29) is 22.5 Å². The molecular weight excluding hydrogens is 997 g/mol. The van der Waals surface area contributed by atoms with E-state index in [1.54, 1.807) is 58.0 Å². The van der Waals surface area contributed by atoms with Gasteiger partial charge in [0.1, 0.15) is 108 Å². The smallest absolute Gasteiger partial charge is 0.336 e. The van der Waals surface area contributed by atoms with E-state index in [0.717, 1.165) is 11.1 Å². The van der Waals surface area contributed by atoms with Crippen LogP contribution >= 0.6 is 0 Å². The fourth-order valence-corrected chi connectivity index (χ4v) is 8.76. The van der Waals surface area contributed by atoms with E-state index in [9.17, 15) is 70.6 Å². The first kappa shape index (κ1) is 57.5. The van der Waals surface area contributed by atoms with E-state index in [4.69, 9.17) is 46.7 Å². The number of rotatable bonds is 13. The number of hydrogen-bond acceptors (Lipinski definition) is 24. The molecule has 0 amide bonds. The number of allylic oxidation sites excluding steroid dienone is 3. The van der Waals surface area contributed by atoms with Gasteiger partial charge in [-0.3, -0.25) is 0 Å². The van der Waals surface area contributed by atoms with Gasteiger partial charge in [0.2, 0.25) is 6.29 Å². The van der Waals surface area contributed by atoms with Crippen molar-refractivity contribution in [1.82, 2.24) is 0 Å². The van der Waals surface area contributed by atoms with Crippen LogP contribution in [0.3, 0.4) is 0 Å². The predicted molar refractivity (Wildman–Crippen MR) is 257 cm³/mol. The fraction of sp³-hybridized carbons (Fsp3) is 0.549. The van der Waals surface area contributed by atoms with Crippen LogP contribution < -0.4 is 20.7 Å². The van der Waals surface area contributed by atoms with E-state index >= 15 is 0 Å². The molecule has 4 aromatic rings. The number of aliphatic hydroxyl groups excluding tert-OH is 11. The zero-order chi connectivity index (χ0) is 54.8. The highest BCUT2D eigenvalue weighted by Crippen LogP contribution is 2.47. The summed E-state index contributed by atoms with van der Waals surface area (Å²) in [5.41, 5.74) is 0.158. The second-order valence-electron chi connectivity index (χ2n) is 19.3. The Hall–Kier alpha value is -5.23. The van der Waals surface area contributed by atoms with E-state index in [2.05, 4.69) is 0 Å². The van der Waals surface area contributed by atoms with E-state index in [1.165, 1.54) is 24.3 Å². The van der Waals surface area contributed by atoms with Crippen molar-refractivity contribution < 1.29 is 108 Å². The molecule has 24 nitrogen and oxygen atoms in total. The van der Waals surface area contributed by atoms with Crippen LogP contribution in [0.1, 0.15) is 58.8 Å². The number of aliphatic hydroxyl groups is 11. The Labute approximate surface area is 427 Å². The molecule has 0 bridgehead atoms. The summed E-state index contributed by atoms with van der Waals surface area (Å²) >= 11 is 0. The second kappa shape index (κ2) is 24.0. The summed E-state index contributed by atoms with van der Waals surface area (Å²) < 4.78 is 57.0. The van der Waals surface area contributed by atoms with Crippen molar-refractivity contribution in [2.45, 2.75) is 158 Å². The first-order valence-corrected chi connectivity index (χ1v) is 24.0. The molecule has 17 unspecified atom stereocenters. The summed E-state index contributed by atoms with van der Waals surface area (Å²) in [6.07, 6.45) is -22.0. The van der Waals surface area contributed by atoms with Gasteiger partial charge >= 0.3 is 17.2 Å². The van der Waals surface area contributed by atoms with Crippen LogP contribution in [-0.4, -0.2) is 186 Å². The average molecular weight is 1060 g/mol. The van der Waals surface area contributed by atoms with Crippen molar-refractivity contribution in [2.75, 3.05) is 19.8 Å². The molecule has 4 aliphatic rings. The third-order valence-corrected chi connectivity index (χ3v) is 13.2. The van der Waals surface area contributed by atoms with Crippen molar-refractivity contribution in [3.63, 3.8) is 0 Å². The summed E-state index contributed by atoms with van der Waals surface area (Å²) in [5, 5.41) is 113. The maximum absolute atomic E-state index is 13.1. The lowest BCUT2D eigenvalue weighted by molar-refractivity contribution is -0.346. The summed E-state index contributed by atoms with van der Waals surface area (Å²) in [5.74, 6) is -0.195. The highest BCUT2D eigenvalue weighted by Gasteiger charge is 2.54. The molecule has 0 aliphatic carbocycles. The van der Waals surface area contributed by atoms with Crippen molar-refractivity contribution in [3.05, 3.63) is 104 Å². The fourth-order valence-electron chi connectivity index (χ4n) is 8.76. The van der Waals surface area contributed by atoms with Gasteiger partial charge in [-0.2, -0.15) is 0 Å². The Morgan fingerprint density at radius 2 is 1.21 bits per heavy atom. The van der Waals surface area contributed by atoms with Crippen LogP contribution in [-0.2, 0) is 39.6 Å². The Morgan fingerprint density at radius 1 is 0.667 bits per heavy atom. The Bertz CT molecular complexity index is 2800. The molecule has 17 atom stereocenters. The van der Waals surface area contributed by atoms with Gasteiger partial charge in [-0.05, 0) is 83.9 Å². The quantitative estimate of drug-likeness (QED) is 0.0331. The zero-order valence-electron chi connectivity index (χ0n) is 41.6. The number of carbonyl (C=O) groups is 1. The predicted octanol–water partition coefficient (Wildman–Crippen LogP) is -0.996. The number of fused-ring (bicyclic) bond motifs is 4. The van der Waals surface area contributed by atoms with E-state index < -0.39 is 147 Å². The summed E-state index contributed by atoms with van der Waals surface area (Å²) in [4.78, 5) is 36.9. The van der Waals surface area contributed by atoms with Gasteiger partial charge in [0.25, 0.3) is 0 Å². The maximum Gasteiger partial charge on any atom is 0.336 e. The van der Waals surface area contributed by atoms with Gasteiger partial charge < -0.3 is 103 Å². The average Bonchev–Trinajstić information content (AvgIpc) is 3.37. The van der Waals surface area contributed by atoms with Crippen LogP contribution in [0, 0.1) is 0 Å². The van der Waals surface area contributed by atoms with Crippen molar-refractivity contribution >= 4 is 27.9 Å². The van der Waals surface area contributed by atoms with Crippen LogP contribution in [0.5, 0.6) is 11.5 Å². The Balaban J connectivity index is 0.000000249. The largest absolute Gasteiger partial charge is 0.484 e. The molecule has 2 aromatic carbocycles. The molecule has 412 valence electrons. The third kappa shape index (κ3) is 12.5. The van der Waals surface area contributed by atoms with Crippen LogP contribution in [0.25, 0.3) is 21.9 Å². The number of carbonyl (C=O) groups excluding carboxylic acids is 1. The van der Waals surface area contributed by atoms with Crippen LogP contribution in [0.15, 0.2) is 90.3 Å². The highest BCUT2D eigenvalue weighted by molar-refractivity contribution is 5.89. The topological polar surface area (TPSA) is 374 Å². The molecule has 0 saturated carbocycles. The van der Waals surface area contributed by atoms with Gasteiger partial charge in [0, 0.05) is 34.5 Å². The molecule has 3 fully saturated rings. The molecule has 0 radical (unpaired) electrons. The van der Waals surface area contributed by atoms with E-state index in [1.807, 2.05) is 19.9 Å². The molecule has 2 aromatic heterocycles. The minimum absolute atomic E-state index is 0.0707. The number of hydrogen-bond donors (Lipinski definition) is 11. The molecule has 3 saturated heterocycles. The number of esters is 1. The maximum atomic E-state index is 13.1. The zero-order valence-corrected chi connectivity index (χ0v) is 41.6. The highest BCUT2D eigenvalue weighted by atomic mass is 16.7. The number of benzene rings is 2. The van der Waals surface area contributed by atoms with Crippen LogP contribution in [0.2, 0.25) is 0 Å². The third-order valence-electron chi connectivity index (χ3n) is 13.2. The standard InChI is InChI=1S/C31H40O16.C20H24O8/c1-5-12(2)28(40)45-26-18-14(8-6-13-7-9-17(33)44-25(13)18)47-31(3,4)27(26)46-30-24(39)22(37)20(35)16(43-30)11-41-29-23(38)21(36)19(34)15(10-32)42-29;1-10(2)3-4-11-7-12-5-6-16(22)26-13(12)8-14(11)27-20-19(25)18(24)17(23)15(9-21)28-20/h5-9,15-16,19-24,26-27,29-30,32,34-39H,10-11H2,1-4H3;3,5-8,15,17-21,23-25H,4,9H2,1-2H3/b12-5-;. The normalized spacial score (nSPS) is 33.6. The molecule has 4 aliphatic heterocycles. The first-order chi connectivity index (χ1) is 35.5. The van der Waals surface area contributed by atoms with Gasteiger partial charge in [-0.15, -0.1) is 0 Å². The first-order valence-electron chi connectivity index (χ1n) is 24.0. The van der Waals surface area contributed by atoms with E-state index in [0.29, 0.717) is 28.5 Å². The Morgan fingerprint density at radius 3 is 1.83 bits per heavy atom. The molecule has 11 N–H and O–H groups in total. The summed E-state index contributed by atoms with van der Waals surface area (Å²) in [6, 6.07) is 12.3. The minimum atomic E-state index is -1.85. The summed E-state index contributed by atoms with van der Waals surface area (Å²) in [7, 11) is 0. The van der Waals surface area contributed by atoms with Crippen molar-refractivity contribution in [2.24, 2.45) is 0 Å². The lowest BCUT2D eigenvalue weighted by Gasteiger charge is -2.47. The lowest BCUT2D eigenvalue weighted by Crippen LogP contribution is -2.63. The van der Waals surface area contributed by atoms with Gasteiger partial charge in [-0.1, -0.05) is 17.7 Å². The second-order valence-corrected chi connectivity index (χ2v) is 19.3. The molecule has 0 spiro atoms.